The van der Waals surface area contributed by atoms with Crippen molar-refractivity contribution >= 4 is 17.7 Å². The van der Waals surface area contributed by atoms with Crippen LogP contribution in [-0.4, -0.2) is 47.0 Å². The Morgan fingerprint density at radius 1 is 1.16 bits per heavy atom. The quantitative estimate of drug-likeness (QED) is 0.528. The first kappa shape index (κ1) is 21.1. The van der Waals surface area contributed by atoms with E-state index < -0.39 is 17.7 Å². The van der Waals surface area contributed by atoms with Crippen molar-refractivity contribution in [3.63, 3.8) is 0 Å². The minimum Gasteiger partial charge on any atom is -0.491 e. The van der Waals surface area contributed by atoms with E-state index in [1.807, 2.05) is 18.2 Å². The molecule has 0 aromatic heterocycles. The largest absolute Gasteiger partial charge is 0.491 e. The average molecular weight is 422 g/mol. The van der Waals surface area contributed by atoms with E-state index in [2.05, 4.69) is 5.32 Å². The van der Waals surface area contributed by atoms with Crippen LogP contribution in [0.15, 0.2) is 42.5 Å². The molecule has 0 bridgehead atoms. The van der Waals surface area contributed by atoms with Gasteiger partial charge in [-0.25, -0.2) is 4.79 Å². The van der Waals surface area contributed by atoms with Gasteiger partial charge in [0.15, 0.2) is 5.78 Å². The third kappa shape index (κ3) is 4.05. The van der Waals surface area contributed by atoms with Crippen molar-refractivity contribution in [1.82, 2.24) is 10.2 Å². The second-order valence-electron chi connectivity index (χ2n) is 8.35. The first-order valence-corrected chi connectivity index (χ1v) is 10.5. The van der Waals surface area contributed by atoms with Gasteiger partial charge >= 0.3 is 6.03 Å². The van der Waals surface area contributed by atoms with Crippen LogP contribution >= 0.6 is 0 Å². The van der Waals surface area contributed by atoms with Gasteiger partial charge in [-0.15, -0.1) is 0 Å². The number of amides is 3. The van der Waals surface area contributed by atoms with Crippen LogP contribution in [0.5, 0.6) is 5.75 Å². The van der Waals surface area contributed by atoms with Gasteiger partial charge in [0.25, 0.3) is 5.91 Å². The molecular formula is C24H26N2O5. The van der Waals surface area contributed by atoms with Gasteiger partial charge in [0.05, 0.1) is 6.54 Å². The van der Waals surface area contributed by atoms with Crippen LogP contribution in [0.4, 0.5) is 4.79 Å². The molecule has 1 heterocycles. The fourth-order valence-electron chi connectivity index (χ4n) is 4.18. The van der Waals surface area contributed by atoms with Crippen molar-refractivity contribution in [3.8, 4) is 5.75 Å². The number of imide groups is 1. The highest BCUT2D eigenvalue weighted by Crippen LogP contribution is 2.32. The summed E-state index contributed by atoms with van der Waals surface area (Å²) in [5, 5.41) is 13.2. The van der Waals surface area contributed by atoms with Crippen molar-refractivity contribution in [3.05, 3.63) is 64.7 Å². The van der Waals surface area contributed by atoms with Gasteiger partial charge in [-0.05, 0) is 74.1 Å². The average Bonchev–Trinajstić information content (AvgIpc) is 3.31. The molecule has 1 aliphatic heterocycles. The second kappa shape index (κ2) is 8.15. The number of hydrogen-bond acceptors (Lipinski definition) is 5. The third-order valence-electron chi connectivity index (χ3n) is 6.05. The summed E-state index contributed by atoms with van der Waals surface area (Å²) in [7, 11) is 0. The number of aryl methyl sites for hydroxylation is 2. The van der Waals surface area contributed by atoms with E-state index in [4.69, 9.17) is 4.74 Å². The molecule has 7 nitrogen and oxygen atoms in total. The maximum absolute atomic E-state index is 13.1. The first-order valence-electron chi connectivity index (χ1n) is 10.5. The van der Waals surface area contributed by atoms with Crippen LogP contribution < -0.4 is 10.1 Å². The number of ketones is 1. The van der Waals surface area contributed by atoms with Crippen molar-refractivity contribution in [2.75, 3.05) is 13.2 Å². The molecule has 1 fully saturated rings. The Balaban J connectivity index is 1.40. The number of ether oxygens (including phenoxy) is 1. The zero-order valence-electron chi connectivity index (χ0n) is 17.7. The van der Waals surface area contributed by atoms with Crippen LogP contribution in [0.25, 0.3) is 0 Å². The number of nitrogens with zero attached hydrogens (tertiary/aromatic N) is 1. The molecule has 31 heavy (non-hydrogen) atoms. The fraction of sp³-hybridized carbons (Fsp3) is 0.375. The van der Waals surface area contributed by atoms with Crippen molar-refractivity contribution < 1.29 is 24.2 Å². The van der Waals surface area contributed by atoms with Gasteiger partial charge in [-0.3, -0.25) is 14.5 Å². The van der Waals surface area contributed by atoms with Crippen LogP contribution in [0.1, 0.15) is 47.3 Å². The summed E-state index contributed by atoms with van der Waals surface area (Å²) in [6.45, 7) is 2.92. The molecule has 2 atom stereocenters. The molecular weight excluding hydrogens is 396 g/mol. The third-order valence-corrected chi connectivity index (χ3v) is 6.05. The predicted octanol–water partition coefficient (Wildman–Crippen LogP) is 2.58. The van der Waals surface area contributed by atoms with Crippen molar-refractivity contribution in [2.24, 2.45) is 0 Å². The van der Waals surface area contributed by atoms with E-state index in [9.17, 15) is 19.5 Å². The Hall–Kier alpha value is -3.19. The number of β-amino-alcohol motifs (C(OH)–C–C–N with tert-alkyl or cyclic N) is 1. The summed E-state index contributed by atoms with van der Waals surface area (Å²) in [5.41, 5.74) is 2.69. The van der Waals surface area contributed by atoms with Crippen LogP contribution in [-0.2, 0) is 23.2 Å². The monoisotopic (exact) mass is 422 g/mol. The molecule has 2 aliphatic rings. The van der Waals surface area contributed by atoms with E-state index >= 15 is 0 Å². The minimum absolute atomic E-state index is 0.0448. The van der Waals surface area contributed by atoms with Gasteiger partial charge < -0.3 is 15.2 Å². The molecule has 2 aromatic rings. The van der Waals surface area contributed by atoms with Crippen molar-refractivity contribution in [1.29, 1.82) is 0 Å². The lowest BCUT2D eigenvalue weighted by Crippen LogP contribution is -2.42. The first-order chi connectivity index (χ1) is 14.8. The normalized spacial score (nSPS) is 21.1. The highest BCUT2D eigenvalue weighted by Gasteiger charge is 2.49. The Labute approximate surface area is 181 Å². The lowest BCUT2D eigenvalue weighted by atomic mass is 9.89. The zero-order chi connectivity index (χ0) is 22.2. The molecule has 162 valence electrons. The smallest absolute Gasteiger partial charge is 0.325 e. The number of Topliss-reactive ketones (excluding diaryl/α,β-unsaturated/α-hetero) is 1. The minimum atomic E-state index is -1.15. The highest BCUT2D eigenvalue weighted by atomic mass is 16.5. The summed E-state index contributed by atoms with van der Waals surface area (Å²) in [5.74, 6) is 0.0566. The standard InChI is InChI=1S/C24H26N2O5/c1-15(27)16-7-10-21(11-8-16)31-14-20(28)13-26-22(29)24(2,25-23(26)30)19-9-6-17-4-3-5-18(17)12-19/h6-12,20,28H,3-5,13-14H2,1-2H3,(H,25,30)/t20-,24-/m1/s1. The Bertz CT molecular complexity index is 1030. The topological polar surface area (TPSA) is 95.9 Å². The Kier molecular flexibility index (Phi) is 5.54. The Morgan fingerprint density at radius 2 is 1.87 bits per heavy atom. The Morgan fingerprint density at radius 3 is 2.58 bits per heavy atom. The van der Waals surface area contributed by atoms with E-state index in [0.717, 1.165) is 29.7 Å². The molecule has 4 rings (SSSR count). The number of aliphatic hydroxyl groups is 1. The van der Waals surface area contributed by atoms with E-state index in [1.165, 1.54) is 18.1 Å². The van der Waals surface area contributed by atoms with E-state index in [-0.39, 0.29) is 24.8 Å². The zero-order valence-corrected chi connectivity index (χ0v) is 17.7. The summed E-state index contributed by atoms with van der Waals surface area (Å²) in [6, 6.07) is 12.0. The highest BCUT2D eigenvalue weighted by molar-refractivity contribution is 6.07. The van der Waals surface area contributed by atoms with Gasteiger partial charge in [0, 0.05) is 5.56 Å². The number of aliphatic hydroxyl groups excluding tert-OH is 1. The molecule has 0 unspecified atom stereocenters. The summed E-state index contributed by atoms with van der Waals surface area (Å²) < 4.78 is 5.54. The second-order valence-corrected chi connectivity index (χ2v) is 8.35. The summed E-state index contributed by atoms with van der Waals surface area (Å²) in [4.78, 5) is 38.0. The maximum atomic E-state index is 13.1. The van der Waals surface area contributed by atoms with Gasteiger partial charge in [-0.1, -0.05) is 18.2 Å². The van der Waals surface area contributed by atoms with Gasteiger partial charge in [-0.2, -0.15) is 0 Å². The molecule has 7 heteroatoms. The SMILES string of the molecule is CC(=O)c1ccc(OC[C@H](O)CN2C(=O)N[C@](C)(c3ccc4c(c3)CCC4)C2=O)cc1. The predicted molar refractivity (Wildman–Crippen MR) is 114 cm³/mol. The number of carbonyl (C=O) groups is 3. The fourth-order valence-corrected chi connectivity index (χ4v) is 4.18. The van der Waals surface area contributed by atoms with Crippen molar-refractivity contribution in [2.45, 2.75) is 44.8 Å². The lowest BCUT2D eigenvalue weighted by molar-refractivity contribution is -0.132. The molecule has 1 saturated heterocycles. The molecule has 1 aliphatic carbocycles. The molecule has 0 saturated carbocycles. The number of benzene rings is 2. The number of hydrogen-bond donors (Lipinski definition) is 2. The van der Waals surface area contributed by atoms with Crippen LogP contribution in [0.2, 0.25) is 0 Å². The van der Waals surface area contributed by atoms with Crippen LogP contribution in [0.3, 0.4) is 0 Å². The summed E-state index contributed by atoms with van der Waals surface area (Å²) in [6.07, 6.45) is 2.08. The molecule has 3 amide bonds. The molecule has 2 aromatic carbocycles. The number of rotatable bonds is 7. The van der Waals surface area contributed by atoms with E-state index in [1.54, 1.807) is 31.2 Å². The number of nitrogens with one attached hydrogen (secondary N) is 1. The number of urea groups is 1. The lowest BCUT2D eigenvalue weighted by Gasteiger charge is -2.24. The molecule has 0 radical (unpaired) electrons. The number of fused-ring (bicyclic) bond motifs is 1. The van der Waals surface area contributed by atoms with Crippen LogP contribution in [0, 0.1) is 0 Å². The van der Waals surface area contributed by atoms with Gasteiger partial charge in [0.2, 0.25) is 0 Å². The molecule has 0 spiro atoms. The molecule has 2 N–H and O–H groups in total. The number of carbonyl (C=O) groups excluding carboxylic acids is 3. The van der Waals surface area contributed by atoms with Gasteiger partial charge in [0.1, 0.15) is 24.0 Å². The maximum Gasteiger partial charge on any atom is 0.325 e. The van der Waals surface area contributed by atoms with E-state index in [0.29, 0.717) is 11.3 Å². The summed E-state index contributed by atoms with van der Waals surface area (Å²) >= 11 is 0.